The fourth-order valence-corrected chi connectivity index (χ4v) is 1.89. The summed E-state index contributed by atoms with van der Waals surface area (Å²) in [6, 6.07) is 4.27. The number of hydrogen-bond donors (Lipinski definition) is 3. The van der Waals surface area contributed by atoms with E-state index in [-0.39, 0.29) is 17.9 Å². The third kappa shape index (κ3) is 3.86. The second-order valence-corrected chi connectivity index (χ2v) is 5.19. The van der Waals surface area contributed by atoms with Crippen molar-refractivity contribution < 1.29 is 9.59 Å². The van der Waals surface area contributed by atoms with Crippen LogP contribution in [0, 0.1) is 0 Å². The number of carbonyl (C=O) groups excluding carboxylic acids is 2. The predicted octanol–water partition coefficient (Wildman–Crippen LogP) is 1.32. The van der Waals surface area contributed by atoms with E-state index in [0.717, 1.165) is 12.8 Å². The first kappa shape index (κ1) is 13.7. The van der Waals surface area contributed by atoms with E-state index in [2.05, 4.69) is 10.6 Å². The van der Waals surface area contributed by atoms with Gasteiger partial charge in [0.1, 0.15) is 6.04 Å². The molecule has 0 bridgehead atoms. The number of carbonyl (C=O) groups is 2. The third-order valence-electron chi connectivity index (χ3n) is 2.85. The van der Waals surface area contributed by atoms with Crippen LogP contribution in [0.15, 0.2) is 18.2 Å². The molecule has 1 aromatic carbocycles. The Kier molecular flexibility index (Phi) is 3.95. The van der Waals surface area contributed by atoms with Crippen molar-refractivity contribution in [3.05, 3.63) is 28.8 Å². The molecule has 102 valence electrons. The van der Waals surface area contributed by atoms with Gasteiger partial charge in [-0.3, -0.25) is 9.59 Å². The van der Waals surface area contributed by atoms with Gasteiger partial charge in [0.15, 0.2) is 0 Å². The molecule has 19 heavy (non-hydrogen) atoms. The molecule has 2 rings (SSSR count). The maximum atomic E-state index is 12.0. The molecule has 0 heterocycles. The number of benzene rings is 1. The second kappa shape index (κ2) is 5.48. The Labute approximate surface area is 116 Å². The number of amides is 2. The van der Waals surface area contributed by atoms with Crippen LogP contribution in [0.5, 0.6) is 0 Å². The minimum atomic E-state index is -0.590. The monoisotopic (exact) mass is 281 g/mol. The van der Waals surface area contributed by atoms with Gasteiger partial charge >= 0.3 is 0 Å². The highest BCUT2D eigenvalue weighted by molar-refractivity contribution is 6.31. The van der Waals surface area contributed by atoms with Gasteiger partial charge in [-0.1, -0.05) is 11.6 Å². The van der Waals surface area contributed by atoms with E-state index in [1.165, 1.54) is 12.1 Å². The van der Waals surface area contributed by atoms with E-state index in [1.54, 1.807) is 13.0 Å². The van der Waals surface area contributed by atoms with Crippen molar-refractivity contribution in [2.45, 2.75) is 31.8 Å². The highest BCUT2D eigenvalue weighted by atomic mass is 35.5. The van der Waals surface area contributed by atoms with Crippen LogP contribution >= 0.6 is 11.6 Å². The normalized spacial score (nSPS) is 15.7. The number of nitrogens with one attached hydrogen (secondary N) is 2. The molecule has 4 N–H and O–H groups in total. The molecule has 6 heteroatoms. The summed E-state index contributed by atoms with van der Waals surface area (Å²) in [4.78, 5) is 23.7. The van der Waals surface area contributed by atoms with Gasteiger partial charge in [0, 0.05) is 22.3 Å². The summed E-state index contributed by atoms with van der Waals surface area (Å²) in [6.07, 6.45) is 2.02. The summed E-state index contributed by atoms with van der Waals surface area (Å²) in [7, 11) is 0. The SMILES string of the molecule is CC(NC(=O)c1cc(N)cc(Cl)c1)C(=O)NC1CC1. The van der Waals surface area contributed by atoms with Crippen LogP contribution < -0.4 is 16.4 Å². The van der Waals surface area contributed by atoms with Crippen molar-refractivity contribution in [2.75, 3.05) is 5.73 Å². The first-order valence-corrected chi connectivity index (χ1v) is 6.51. The molecule has 1 aliphatic rings. The van der Waals surface area contributed by atoms with Crippen LogP contribution in [0.1, 0.15) is 30.1 Å². The van der Waals surface area contributed by atoms with Crippen molar-refractivity contribution in [2.24, 2.45) is 0 Å². The molecular weight excluding hydrogens is 266 g/mol. The van der Waals surface area contributed by atoms with E-state index in [0.29, 0.717) is 16.3 Å². The third-order valence-corrected chi connectivity index (χ3v) is 3.07. The number of hydrogen-bond acceptors (Lipinski definition) is 3. The molecule has 1 atom stereocenters. The number of nitrogen functional groups attached to an aromatic ring is 1. The Bertz CT molecular complexity index is 494. The molecule has 1 unspecified atom stereocenters. The fraction of sp³-hybridized carbons (Fsp3) is 0.385. The Morgan fingerprint density at radius 1 is 1.37 bits per heavy atom. The summed E-state index contributed by atoms with van der Waals surface area (Å²) in [5.74, 6) is -0.543. The van der Waals surface area contributed by atoms with Crippen molar-refractivity contribution in [3.63, 3.8) is 0 Å². The van der Waals surface area contributed by atoms with E-state index in [1.807, 2.05) is 0 Å². The molecule has 0 saturated heterocycles. The zero-order valence-electron chi connectivity index (χ0n) is 10.6. The van der Waals surface area contributed by atoms with Gasteiger partial charge in [0.25, 0.3) is 5.91 Å². The Balaban J connectivity index is 1.97. The zero-order valence-corrected chi connectivity index (χ0v) is 11.3. The minimum absolute atomic E-state index is 0.175. The number of nitrogens with two attached hydrogens (primary N) is 1. The molecule has 0 spiro atoms. The topological polar surface area (TPSA) is 84.2 Å². The summed E-state index contributed by atoms with van der Waals surface area (Å²) < 4.78 is 0. The smallest absolute Gasteiger partial charge is 0.252 e. The summed E-state index contributed by atoms with van der Waals surface area (Å²) in [6.45, 7) is 1.64. The molecule has 1 saturated carbocycles. The standard InChI is InChI=1S/C13H16ClN3O2/c1-7(12(18)17-11-2-3-11)16-13(19)8-4-9(14)6-10(15)5-8/h4-7,11H,2-3,15H2,1H3,(H,16,19)(H,17,18). The van der Waals surface area contributed by atoms with Crippen LogP contribution in [0.25, 0.3) is 0 Å². The lowest BCUT2D eigenvalue weighted by Gasteiger charge is -2.14. The summed E-state index contributed by atoms with van der Waals surface area (Å²) >= 11 is 5.83. The number of anilines is 1. The van der Waals surface area contributed by atoms with Crippen LogP contribution in [0.4, 0.5) is 5.69 Å². The van der Waals surface area contributed by atoms with Gasteiger partial charge in [0.2, 0.25) is 5.91 Å². The van der Waals surface area contributed by atoms with E-state index in [9.17, 15) is 9.59 Å². The van der Waals surface area contributed by atoms with Crippen LogP contribution in [-0.2, 0) is 4.79 Å². The van der Waals surface area contributed by atoms with Crippen LogP contribution in [0.2, 0.25) is 5.02 Å². The molecule has 5 nitrogen and oxygen atoms in total. The summed E-state index contributed by atoms with van der Waals surface area (Å²) in [5, 5.41) is 5.84. The maximum Gasteiger partial charge on any atom is 0.252 e. The van der Waals surface area contributed by atoms with Gasteiger partial charge in [-0.05, 0) is 38.0 Å². The quantitative estimate of drug-likeness (QED) is 0.728. The average Bonchev–Trinajstić information content (AvgIpc) is 3.11. The average molecular weight is 282 g/mol. The van der Waals surface area contributed by atoms with E-state index < -0.39 is 6.04 Å². The lowest BCUT2D eigenvalue weighted by Crippen LogP contribution is -2.45. The maximum absolute atomic E-state index is 12.0. The molecular formula is C13H16ClN3O2. The van der Waals surface area contributed by atoms with Crippen molar-refractivity contribution in [3.8, 4) is 0 Å². The molecule has 1 fully saturated rings. The molecule has 1 aliphatic carbocycles. The lowest BCUT2D eigenvalue weighted by atomic mass is 10.1. The first-order valence-electron chi connectivity index (χ1n) is 6.13. The van der Waals surface area contributed by atoms with Gasteiger partial charge < -0.3 is 16.4 Å². The van der Waals surface area contributed by atoms with Crippen molar-refractivity contribution in [1.29, 1.82) is 0 Å². The van der Waals surface area contributed by atoms with Gasteiger partial charge in [-0.2, -0.15) is 0 Å². The molecule has 2 amide bonds. The Hall–Kier alpha value is -1.75. The summed E-state index contributed by atoms with van der Waals surface area (Å²) in [5.41, 5.74) is 6.37. The molecule has 0 aromatic heterocycles. The van der Waals surface area contributed by atoms with Crippen LogP contribution in [0.3, 0.4) is 0 Å². The first-order chi connectivity index (χ1) is 8.95. The van der Waals surface area contributed by atoms with Crippen molar-refractivity contribution in [1.82, 2.24) is 10.6 Å². The lowest BCUT2D eigenvalue weighted by molar-refractivity contribution is -0.122. The second-order valence-electron chi connectivity index (χ2n) is 4.75. The molecule has 1 aromatic rings. The van der Waals surface area contributed by atoms with Gasteiger partial charge in [-0.25, -0.2) is 0 Å². The molecule has 0 aliphatic heterocycles. The zero-order chi connectivity index (χ0) is 14.0. The van der Waals surface area contributed by atoms with Gasteiger partial charge in [0.05, 0.1) is 0 Å². The number of rotatable bonds is 4. The highest BCUT2D eigenvalue weighted by Crippen LogP contribution is 2.19. The van der Waals surface area contributed by atoms with E-state index in [4.69, 9.17) is 17.3 Å². The highest BCUT2D eigenvalue weighted by Gasteiger charge is 2.26. The Morgan fingerprint density at radius 2 is 2.05 bits per heavy atom. The predicted molar refractivity (Wildman–Crippen MR) is 74.0 cm³/mol. The molecule has 0 radical (unpaired) electrons. The largest absolute Gasteiger partial charge is 0.399 e. The number of halogens is 1. The fourth-order valence-electron chi connectivity index (χ4n) is 1.64. The minimum Gasteiger partial charge on any atom is -0.399 e. The van der Waals surface area contributed by atoms with Gasteiger partial charge in [-0.15, -0.1) is 0 Å². The Morgan fingerprint density at radius 3 is 2.63 bits per heavy atom. The van der Waals surface area contributed by atoms with Crippen molar-refractivity contribution >= 4 is 29.1 Å². The van der Waals surface area contributed by atoms with Crippen LogP contribution in [-0.4, -0.2) is 23.9 Å². The van der Waals surface area contributed by atoms with E-state index >= 15 is 0 Å².